The van der Waals surface area contributed by atoms with Gasteiger partial charge in [-0.15, -0.1) is 0 Å². The maximum Gasteiger partial charge on any atom is 0.0775 e. The molecule has 6 aromatic carbocycles. The summed E-state index contributed by atoms with van der Waals surface area (Å²) in [5, 5.41) is 5.28. The number of nitrogens with zero attached hydrogens (tertiary/aromatic N) is 4. The summed E-state index contributed by atoms with van der Waals surface area (Å²) in [5.41, 5.74) is 10.5. The molecule has 58 heavy (non-hydrogen) atoms. The number of hydrogen-bond acceptors (Lipinski definition) is 4. The van der Waals surface area contributed by atoms with Crippen LogP contribution in [0.3, 0.4) is 0 Å². The molecule has 8 rings (SSSR count). The van der Waals surface area contributed by atoms with Crippen LogP contribution in [0.2, 0.25) is 39.3 Å². The van der Waals surface area contributed by atoms with Crippen molar-refractivity contribution in [2.45, 2.75) is 39.3 Å². The van der Waals surface area contributed by atoms with E-state index in [1.54, 1.807) is 0 Å². The Bertz CT molecular complexity index is 2650. The average molecular weight is 787 g/mol. The lowest BCUT2D eigenvalue weighted by molar-refractivity contribution is 1.22. The number of anilines is 6. The lowest BCUT2D eigenvalue weighted by Crippen LogP contribution is -2.37. The lowest BCUT2D eigenvalue weighted by atomic mass is 10.0. The molecule has 2 heterocycles. The molecule has 286 valence electrons. The Kier molecular flexibility index (Phi) is 10.8. The van der Waals surface area contributed by atoms with E-state index >= 15 is 0 Å². The van der Waals surface area contributed by atoms with E-state index in [1.807, 2.05) is 12.4 Å². The second-order valence-corrected chi connectivity index (χ2v) is 27.0. The number of aromatic nitrogens is 2. The summed E-state index contributed by atoms with van der Waals surface area (Å²) in [7, 11) is -2.83. The Morgan fingerprint density at radius 3 is 1.45 bits per heavy atom. The fourth-order valence-corrected chi connectivity index (χ4v) is 9.75. The highest BCUT2D eigenvalue weighted by Gasteiger charge is 2.21. The Morgan fingerprint density at radius 1 is 0.397 bits per heavy atom. The number of fused-ring (bicyclic) bond motifs is 1. The third kappa shape index (κ3) is 8.35. The molecule has 0 amide bonds. The van der Waals surface area contributed by atoms with Gasteiger partial charge >= 0.3 is 0 Å². The van der Waals surface area contributed by atoms with Crippen molar-refractivity contribution in [3.05, 3.63) is 194 Å². The van der Waals surface area contributed by atoms with Crippen LogP contribution in [-0.4, -0.2) is 26.1 Å². The molecule has 6 heteroatoms. The van der Waals surface area contributed by atoms with Gasteiger partial charge in [0.15, 0.2) is 0 Å². The van der Waals surface area contributed by atoms with Crippen molar-refractivity contribution in [1.82, 2.24) is 9.97 Å². The molecule has 0 N–H and O–H groups in total. The fraction of sp³-hybridized carbons (Fsp3) is 0.115. The third-order valence-electron chi connectivity index (χ3n) is 10.7. The van der Waals surface area contributed by atoms with Gasteiger partial charge in [0.2, 0.25) is 0 Å². The van der Waals surface area contributed by atoms with Crippen LogP contribution in [0.15, 0.2) is 182 Å². The highest BCUT2D eigenvalue weighted by molar-refractivity contribution is 6.89. The maximum absolute atomic E-state index is 4.92. The van der Waals surface area contributed by atoms with Crippen molar-refractivity contribution >= 4 is 83.6 Å². The van der Waals surface area contributed by atoms with E-state index < -0.39 is 16.1 Å². The van der Waals surface area contributed by atoms with Crippen LogP contribution in [0, 0.1) is 0 Å². The van der Waals surface area contributed by atoms with Gasteiger partial charge in [0.05, 0.1) is 45.1 Å². The van der Waals surface area contributed by atoms with Gasteiger partial charge in [-0.05, 0) is 95.9 Å². The Hall–Kier alpha value is -6.35. The predicted octanol–water partition coefficient (Wildman–Crippen LogP) is 13.5. The zero-order valence-electron chi connectivity index (χ0n) is 34.3. The highest BCUT2D eigenvalue weighted by atomic mass is 28.3. The first-order chi connectivity index (χ1) is 28.0. The Balaban J connectivity index is 1.05. The first-order valence-corrected chi connectivity index (χ1v) is 27.1. The van der Waals surface area contributed by atoms with Crippen LogP contribution in [0.4, 0.5) is 34.1 Å². The molecule has 4 nitrogen and oxygen atoms in total. The summed E-state index contributed by atoms with van der Waals surface area (Å²) >= 11 is 0. The van der Waals surface area contributed by atoms with E-state index in [0.717, 1.165) is 56.6 Å². The van der Waals surface area contributed by atoms with Crippen molar-refractivity contribution in [2.75, 3.05) is 9.80 Å². The van der Waals surface area contributed by atoms with E-state index in [2.05, 4.69) is 231 Å². The van der Waals surface area contributed by atoms with Crippen LogP contribution in [0.25, 0.3) is 34.2 Å². The van der Waals surface area contributed by atoms with Gasteiger partial charge in [-0.2, -0.15) is 0 Å². The first-order valence-electron chi connectivity index (χ1n) is 20.1. The molecule has 0 spiro atoms. The maximum atomic E-state index is 4.92. The minimum Gasteiger partial charge on any atom is -0.310 e. The smallest absolute Gasteiger partial charge is 0.0775 e. The molecule has 8 aromatic rings. The van der Waals surface area contributed by atoms with Gasteiger partial charge in [0.25, 0.3) is 0 Å². The van der Waals surface area contributed by atoms with Gasteiger partial charge in [-0.25, -0.2) is 0 Å². The van der Waals surface area contributed by atoms with Crippen LogP contribution in [-0.2, 0) is 0 Å². The summed E-state index contributed by atoms with van der Waals surface area (Å²) < 4.78 is 0. The molecular weight excluding hydrogens is 737 g/mol. The summed E-state index contributed by atoms with van der Waals surface area (Å²) in [6, 6.07) is 60.9. The molecule has 0 saturated heterocycles. The molecule has 0 fully saturated rings. The van der Waals surface area contributed by atoms with Crippen LogP contribution >= 0.6 is 0 Å². The normalized spacial score (nSPS) is 11.9. The van der Waals surface area contributed by atoms with Gasteiger partial charge in [-0.1, -0.05) is 147 Å². The zero-order valence-corrected chi connectivity index (χ0v) is 36.3. The second-order valence-electron chi connectivity index (χ2n) is 16.9. The van der Waals surface area contributed by atoms with Crippen LogP contribution in [0.5, 0.6) is 0 Å². The van der Waals surface area contributed by atoms with Gasteiger partial charge < -0.3 is 9.80 Å². The first kappa shape index (κ1) is 38.5. The fourth-order valence-electron chi connectivity index (χ4n) is 7.42. The minimum absolute atomic E-state index is 0.883. The third-order valence-corrected chi connectivity index (χ3v) is 14.8. The molecule has 0 bridgehead atoms. The molecule has 0 aliphatic rings. The summed E-state index contributed by atoms with van der Waals surface area (Å²) in [6.45, 7) is 14.3. The molecule has 0 aliphatic carbocycles. The number of benzene rings is 6. The van der Waals surface area contributed by atoms with Crippen LogP contribution < -0.4 is 20.2 Å². The van der Waals surface area contributed by atoms with E-state index in [4.69, 9.17) is 9.97 Å². The molecule has 2 aromatic heterocycles. The summed E-state index contributed by atoms with van der Waals surface area (Å²) in [4.78, 5) is 14.4. The molecular formula is C52H50N4Si2. The summed E-state index contributed by atoms with van der Waals surface area (Å²) in [5.74, 6) is 0. The van der Waals surface area contributed by atoms with E-state index in [-0.39, 0.29) is 0 Å². The number of rotatable bonds is 11. The lowest BCUT2D eigenvalue weighted by Gasteiger charge is -2.28. The van der Waals surface area contributed by atoms with E-state index in [1.165, 1.54) is 21.1 Å². The SMILES string of the molecule is C[Si](C)(C)c1ccc(N(c2ccccc2)c2ccc(-c3ccc(/C=C/c4ccc(N(c5ccccc5)c5ccc([Si](C)(C)C)cc5)c5ccccc45)nc3)nc2)cc1. The van der Waals surface area contributed by atoms with E-state index in [0.29, 0.717) is 0 Å². The highest BCUT2D eigenvalue weighted by Crippen LogP contribution is 2.40. The number of para-hydroxylation sites is 2. The standard InChI is InChI=1S/C52H50N4Si2/c1-57(2,3)47-31-26-44(27-32-47)55(42-15-9-7-10-16-42)46-30-35-51(54-38-46)40-22-25-41(53-37-40)24-21-39-23-36-52(50-20-14-13-19-49(39)50)56(43-17-11-8-12-18-43)45-28-33-48(34-29-45)58(4,5)6/h7-38H,1-6H3/b24-21+. The minimum atomic E-state index is -1.43. The Labute approximate surface area is 345 Å². The van der Waals surface area contributed by atoms with Crippen molar-refractivity contribution in [1.29, 1.82) is 0 Å². The Morgan fingerprint density at radius 2 is 0.914 bits per heavy atom. The summed E-state index contributed by atoms with van der Waals surface area (Å²) in [6.07, 6.45) is 8.14. The van der Waals surface area contributed by atoms with Crippen molar-refractivity contribution in [2.24, 2.45) is 0 Å². The molecule has 0 unspecified atom stereocenters. The molecule has 0 saturated carbocycles. The van der Waals surface area contributed by atoms with Gasteiger partial charge in [0.1, 0.15) is 0 Å². The monoisotopic (exact) mass is 786 g/mol. The van der Waals surface area contributed by atoms with Gasteiger partial charge in [-0.3, -0.25) is 9.97 Å². The van der Waals surface area contributed by atoms with Gasteiger partial charge in [0, 0.05) is 39.9 Å². The molecule has 0 radical (unpaired) electrons. The molecule has 0 atom stereocenters. The van der Waals surface area contributed by atoms with Crippen molar-refractivity contribution in [3.63, 3.8) is 0 Å². The molecule has 0 aliphatic heterocycles. The second kappa shape index (κ2) is 16.3. The average Bonchev–Trinajstić information content (AvgIpc) is 3.24. The van der Waals surface area contributed by atoms with E-state index in [9.17, 15) is 0 Å². The number of pyridine rings is 2. The van der Waals surface area contributed by atoms with Crippen molar-refractivity contribution in [3.8, 4) is 11.3 Å². The van der Waals surface area contributed by atoms with Crippen LogP contribution in [0.1, 0.15) is 11.3 Å². The zero-order chi connectivity index (χ0) is 40.3. The van der Waals surface area contributed by atoms with Crippen molar-refractivity contribution < 1.29 is 0 Å². The predicted molar refractivity (Wildman–Crippen MR) is 256 cm³/mol. The largest absolute Gasteiger partial charge is 0.310 e. The number of hydrogen-bond donors (Lipinski definition) is 0. The quantitative estimate of drug-likeness (QED) is 0.122. The topological polar surface area (TPSA) is 32.3 Å².